The summed E-state index contributed by atoms with van der Waals surface area (Å²) in [4.78, 5) is 0.205. The van der Waals surface area contributed by atoms with Crippen molar-refractivity contribution in [3.8, 4) is 23.3 Å². The van der Waals surface area contributed by atoms with Crippen molar-refractivity contribution in [2.75, 3.05) is 25.7 Å². The van der Waals surface area contributed by atoms with Crippen molar-refractivity contribution in [3.63, 3.8) is 0 Å². The number of benzene rings is 2. The molecule has 0 unspecified atom stereocenters. The van der Waals surface area contributed by atoms with Gasteiger partial charge >= 0.3 is 0 Å². The summed E-state index contributed by atoms with van der Waals surface area (Å²) in [6.07, 6.45) is 0. The SMILES string of the molecule is COc1ccc(S(=O)(=O)CC#CCS(=O)(=O)c2ccc(OC)cc2)cc1. The lowest BCUT2D eigenvalue weighted by molar-refractivity contribution is 0.414. The smallest absolute Gasteiger partial charge is 0.189 e. The maximum Gasteiger partial charge on any atom is 0.189 e. The highest BCUT2D eigenvalue weighted by Gasteiger charge is 2.14. The fourth-order valence-corrected chi connectivity index (χ4v) is 4.04. The molecule has 0 fully saturated rings. The van der Waals surface area contributed by atoms with Gasteiger partial charge in [-0.2, -0.15) is 0 Å². The molecule has 0 aliphatic heterocycles. The molecule has 0 aliphatic carbocycles. The number of ether oxygens (including phenoxy) is 2. The molecule has 0 saturated carbocycles. The van der Waals surface area contributed by atoms with Gasteiger partial charge in [0.15, 0.2) is 19.7 Å². The number of sulfone groups is 2. The predicted octanol–water partition coefficient (Wildman–Crippen LogP) is 1.95. The molecule has 0 heterocycles. The van der Waals surface area contributed by atoms with Gasteiger partial charge < -0.3 is 9.47 Å². The molecule has 0 spiro atoms. The average molecular weight is 394 g/mol. The van der Waals surface area contributed by atoms with E-state index in [-0.39, 0.29) is 9.79 Å². The Hall–Kier alpha value is -2.50. The molecule has 2 rings (SSSR count). The lowest BCUT2D eigenvalue weighted by atomic mass is 10.3. The Morgan fingerprint density at radius 3 is 1.23 bits per heavy atom. The van der Waals surface area contributed by atoms with Crippen LogP contribution in [0.2, 0.25) is 0 Å². The van der Waals surface area contributed by atoms with Gasteiger partial charge in [0, 0.05) is 0 Å². The predicted molar refractivity (Wildman–Crippen MR) is 97.9 cm³/mol. The molecular formula is C18H18O6S2. The van der Waals surface area contributed by atoms with Crippen molar-refractivity contribution in [2.45, 2.75) is 9.79 Å². The van der Waals surface area contributed by atoms with Crippen molar-refractivity contribution < 1.29 is 26.3 Å². The molecule has 6 nitrogen and oxygen atoms in total. The highest BCUT2D eigenvalue weighted by molar-refractivity contribution is 7.92. The average Bonchev–Trinajstić information content (AvgIpc) is 2.65. The fraction of sp³-hybridized carbons (Fsp3) is 0.222. The third-order valence-electron chi connectivity index (χ3n) is 3.49. The Bertz CT molecular complexity index is 926. The first-order valence-corrected chi connectivity index (χ1v) is 10.8. The van der Waals surface area contributed by atoms with E-state index in [0.717, 1.165) is 0 Å². The Morgan fingerprint density at radius 2 is 0.962 bits per heavy atom. The van der Waals surface area contributed by atoms with Gasteiger partial charge in [0.2, 0.25) is 0 Å². The molecule has 0 N–H and O–H groups in total. The highest BCUT2D eigenvalue weighted by atomic mass is 32.2. The highest BCUT2D eigenvalue weighted by Crippen LogP contribution is 2.17. The number of hydrogen-bond donors (Lipinski definition) is 0. The van der Waals surface area contributed by atoms with Gasteiger partial charge in [-0.25, -0.2) is 16.8 Å². The second kappa shape index (κ2) is 8.25. The molecule has 0 aliphatic rings. The van der Waals surface area contributed by atoms with Gasteiger partial charge in [0.1, 0.15) is 23.0 Å². The van der Waals surface area contributed by atoms with E-state index in [1.165, 1.54) is 62.8 Å². The Balaban J connectivity index is 2.06. The second-order valence-electron chi connectivity index (χ2n) is 5.22. The molecule has 8 heteroatoms. The molecule has 2 aromatic rings. The van der Waals surface area contributed by atoms with Crippen LogP contribution >= 0.6 is 0 Å². The monoisotopic (exact) mass is 394 g/mol. The summed E-state index contributed by atoms with van der Waals surface area (Å²) in [5.41, 5.74) is 0. The molecule has 2 aromatic carbocycles. The van der Waals surface area contributed by atoms with Crippen molar-refractivity contribution in [1.82, 2.24) is 0 Å². The summed E-state index contributed by atoms with van der Waals surface area (Å²) in [5.74, 6) is 5.02. The quantitative estimate of drug-likeness (QED) is 0.696. The van der Waals surface area contributed by atoms with Crippen molar-refractivity contribution in [1.29, 1.82) is 0 Å². The topological polar surface area (TPSA) is 86.7 Å². The molecular weight excluding hydrogens is 376 g/mol. The molecule has 138 valence electrons. The van der Waals surface area contributed by atoms with Crippen molar-refractivity contribution >= 4 is 19.7 Å². The minimum absolute atomic E-state index is 0.102. The maximum absolute atomic E-state index is 12.2. The van der Waals surface area contributed by atoms with Gasteiger partial charge in [-0.15, -0.1) is 0 Å². The van der Waals surface area contributed by atoms with Crippen LogP contribution in [0, 0.1) is 11.8 Å². The number of hydrogen-bond acceptors (Lipinski definition) is 6. The van der Waals surface area contributed by atoms with Crippen LogP contribution in [0.4, 0.5) is 0 Å². The Labute approximate surface area is 153 Å². The van der Waals surface area contributed by atoms with Crippen LogP contribution < -0.4 is 9.47 Å². The molecule has 0 amide bonds. The van der Waals surface area contributed by atoms with Crippen molar-refractivity contribution in [3.05, 3.63) is 48.5 Å². The van der Waals surface area contributed by atoms with E-state index in [4.69, 9.17) is 9.47 Å². The Kier molecular flexibility index (Phi) is 6.29. The van der Waals surface area contributed by atoms with Crippen LogP contribution in [0.3, 0.4) is 0 Å². The number of rotatable bonds is 6. The summed E-state index contributed by atoms with van der Waals surface area (Å²) < 4.78 is 58.7. The summed E-state index contributed by atoms with van der Waals surface area (Å²) in [6.45, 7) is 0. The summed E-state index contributed by atoms with van der Waals surface area (Å²) in [6, 6.07) is 11.8. The van der Waals surface area contributed by atoms with Gasteiger partial charge in [-0.1, -0.05) is 11.8 Å². The number of methoxy groups -OCH3 is 2. The summed E-state index contributed by atoms with van der Waals surface area (Å²) in [7, 11) is -4.27. The lowest BCUT2D eigenvalue weighted by Crippen LogP contribution is -2.07. The molecule has 26 heavy (non-hydrogen) atoms. The van der Waals surface area contributed by atoms with E-state index in [2.05, 4.69) is 11.8 Å². The minimum atomic E-state index is -3.62. The first-order chi connectivity index (χ1) is 12.3. The Morgan fingerprint density at radius 1 is 0.654 bits per heavy atom. The zero-order valence-electron chi connectivity index (χ0n) is 14.3. The van der Waals surface area contributed by atoms with Crippen LogP contribution in [-0.4, -0.2) is 42.6 Å². The van der Waals surface area contributed by atoms with E-state index >= 15 is 0 Å². The van der Waals surface area contributed by atoms with Gasteiger partial charge in [0.05, 0.1) is 24.0 Å². The molecule has 0 bridgehead atoms. The van der Waals surface area contributed by atoms with Crippen LogP contribution in [0.15, 0.2) is 58.3 Å². The van der Waals surface area contributed by atoms with E-state index in [1.54, 1.807) is 0 Å². The second-order valence-corrected chi connectivity index (χ2v) is 9.20. The standard InChI is InChI=1S/C18H18O6S2/c1-23-15-5-9-17(10-6-15)25(19,20)13-3-4-14-26(21,22)18-11-7-16(24-2)8-12-18/h5-12H,13-14H2,1-2H3. The zero-order valence-corrected chi connectivity index (χ0v) is 15.9. The van der Waals surface area contributed by atoms with Crippen LogP contribution in [0.1, 0.15) is 0 Å². The normalized spacial score (nSPS) is 11.3. The van der Waals surface area contributed by atoms with Crippen LogP contribution in [0.5, 0.6) is 11.5 Å². The van der Waals surface area contributed by atoms with E-state index in [1.807, 2.05) is 0 Å². The molecule has 0 atom stereocenters. The van der Waals surface area contributed by atoms with Gasteiger partial charge in [0.25, 0.3) is 0 Å². The van der Waals surface area contributed by atoms with Gasteiger partial charge in [-0.3, -0.25) is 0 Å². The van der Waals surface area contributed by atoms with E-state index in [9.17, 15) is 16.8 Å². The largest absolute Gasteiger partial charge is 0.497 e. The first kappa shape index (κ1) is 19.8. The third kappa shape index (κ3) is 5.00. The maximum atomic E-state index is 12.2. The fourth-order valence-electron chi connectivity index (χ4n) is 2.02. The summed E-state index contributed by atoms with van der Waals surface area (Å²) >= 11 is 0. The molecule has 0 saturated heterocycles. The third-order valence-corrected chi connectivity index (χ3v) is 6.52. The summed E-state index contributed by atoms with van der Waals surface area (Å²) in [5, 5.41) is 0. The van der Waals surface area contributed by atoms with E-state index in [0.29, 0.717) is 11.5 Å². The van der Waals surface area contributed by atoms with E-state index < -0.39 is 31.2 Å². The van der Waals surface area contributed by atoms with Gasteiger partial charge in [-0.05, 0) is 48.5 Å². The molecule has 0 radical (unpaired) electrons. The van der Waals surface area contributed by atoms with Crippen LogP contribution in [-0.2, 0) is 19.7 Å². The van der Waals surface area contributed by atoms with Crippen molar-refractivity contribution in [2.24, 2.45) is 0 Å². The van der Waals surface area contributed by atoms with Crippen LogP contribution in [0.25, 0.3) is 0 Å². The first-order valence-electron chi connectivity index (χ1n) is 7.48. The minimum Gasteiger partial charge on any atom is -0.497 e. The lowest BCUT2D eigenvalue weighted by Gasteiger charge is -2.03. The zero-order chi connectivity index (χ0) is 19.2. The molecule has 0 aromatic heterocycles.